The first-order chi connectivity index (χ1) is 2.27. The lowest BCUT2D eigenvalue weighted by atomic mass is 11.0. The highest BCUT2D eigenvalue weighted by Gasteiger charge is 1.91. The molecule has 0 atom stereocenters. The fraction of sp³-hybridized carbons (Fsp3) is 1.00. The van der Waals surface area contributed by atoms with E-state index in [0.29, 0.717) is 0 Å². The van der Waals surface area contributed by atoms with Gasteiger partial charge in [0, 0.05) is 0 Å². The Morgan fingerprint density at radius 1 is 1.60 bits per heavy atom. The molecule has 32 valence electrons. The first-order valence-electron chi connectivity index (χ1n) is 1.55. The molecular formula is C2H6Cl2Si. The van der Waals surface area contributed by atoms with Gasteiger partial charge in [0.05, 0.1) is 0 Å². The summed E-state index contributed by atoms with van der Waals surface area (Å²) >= 11 is 10.7. The summed E-state index contributed by atoms with van der Waals surface area (Å²) in [5.74, 6) is 0. The molecule has 5 heavy (non-hydrogen) atoms. The molecule has 0 nitrogen and oxygen atoms in total. The molecule has 0 aromatic carbocycles. The Hall–Kier alpha value is 0.797. The van der Waals surface area contributed by atoms with E-state index in [1.807, 2.05) is 6.92 Å². The number of hydrogen-bond acceptors (Lipinski definition) is 0. The number of rotatable bonds is 1. The van der Waals surface area contributed by atoms with Gasteiger partial charge in [-0.15, -0.1) is 0 Å². The summed E-state index contributed by atoms with van der Waals surface area (Å²) in [7, 11) is -1.21. The Morgan fingerprint density at radius 2 is 1.80 bits per heavy atom. The summed E-state index contributed by atoms with van der Waals surface area (Å²) in [5.41, 5.74) is 0. The van der Waals surface area contributed by atoms with Crippen molar-refractivity contribution in [3.05, 3.63) is 0 Å². The van der Waals surface area contributed by atoms with Crippen molar-refractivity contribution in [2.24, 2.45) is 0 Å². The minimum absolute atomic E-state index is 0.975. The maximum Gasteiger partial charge on any atom is 0.236 e. The monoisotopic (exact) mass is 128 g/mol. The van der Waals surface area contributed by atoms with Crippen LogP contribution in [0.4, 0.5) is 0 Å². The van der Waals surface area contributed by atoms with Crippen LogP contribution in [-0.4, -0.2) is 7.42 Å². The average molecular weight is 129 g/mol. The first kappa shape index (κ1) is 5.80. The molecule has 0 aliphatic carbocycles. The molecule has 3 heteroatoms. The summed E-state index contributed by atoms with van der Waals surface area (Å²) in [5, 5.41) is 0. The minimum Gasteiger partial charge on any atom is -0.150 e. The van der Waals surface area contributed by atoms with Crippen molar-refractivity contribution in [3.8, 4) is 0 Å². The molecule has 0 heterocycles. The van der Waals surface area contributed by atoms with Crippen molar-refractivity contribution in [1.82, 2.24) is 0 Å². The molecular weight excluding hydrogens is 123 g/mol. The van der Waals surface area contributed by atoms with Crippen LogP contribution in [0.5, 0.6) is 0 Å². The predicted molar refractivity (Wildman–Crippen MR) is 29.3 cm³/mol. The zero-order chi connectivity index (χ0) is 4.28. The molecule has 0 aliphatic rings. The molecule has 0 aromatic rings. The fourth-order valence-electron chi connectivity index (χ4n) is 0. The van der Waals surface area contributed by atoms with Gasteiger partial charge in [0.1, 0.15) is 0 Å². The Kier molecular flexibility index (Phi) is 3.48. The van der Waals surface area contributed by atoms with E-state index in [0.717, 1.165) is 6.04 Å². The molecule has 0 spiro atoms. The van der Waals surface area contributed by atoms with E-state index in [4.69, 9.17) is 22.2 Å². The highest BCUT2D eigenvalue weighted by molar-refractivity contribution is 7.33. The standard InChI is InChI=1S/C2H6Cl2Si/c1-2-5(3)4/h5H,2H2,1H3. The highest BCUT2D eigenvalue weighted by Crippen LogP contribution is 1.98. The molecule has 0 rings (SSSR count). The van der Waals surface area contributed by atoms with Crippen molar-refractivity contribution in [1.29, 1.82) is 0 Å². The summed E-state index contributed by atoms with van der Waals surface area (Å²) in [6, 6.07) is 0.975. The van der Waals surface area contributed by atoms with E-state index in [-0.39, 0.29) is 0 Å². The molecule has 0 amide bonds. The van der Waals surface area contributed by atoms with Gasteiger partial charge in [-0.2, -0.15) is 22.2 Å². The van der Waals surface area contributed by atoms with Gasteiger partial charge < -0.3 is 0 Å². The van der Waals surface area contributed by atoms with Crippen molar-refractivity contribution in [3.63, 3.8) is 0 Å². The number of hydrogen-bond donors (Lipinski definition) is 0. The molecule has 0 unspecified atom stereocenters. The summed E-state index contributed by atoms with van der Waals surface area (Å²) in [4.78, 5) is 0. The maximum atomic E-state index is 5.37. The summed E-state index contributed by atoms with van der Waals surface area (Å²) in [6.45, 7) is 2.00. The smallest absolute Gasteiger partial charge is 0.150 e. The van der Waals surface area contributed by atoms with Crippen molar-refractivity contribution >= 4 is 29.6 Å². The SMILES string of the molecule is CC[SiH](Cl)Cl. The van der Waals surface area contributed by atoms with E-state index in [1.165, 1.54) is 0 Å². The minimum atomic E-state index is -1.21. The second-order valence-electron chi connectivity index (χ2n) is 0.799. The van der Waals surface area contributed by atoms with Gasteiger partial charge >= 0.3 is 0 Å². The largest absolute Gasteiger partial charge is 0.236 e. The maximum absolute atomic E-state index is 5.37. The molecule has 0 saturated carbocycles. The topological polar surface area (TPSA) is 0 Å². The van der Waals surface area contributed by atoms with E-state index in [2.05, 4.69) is 0 Å². The second kappa shape index (κ2) is 3.01. The zero-order valence-electron chi connectivity index (χ0n) is 3.04. The third kappa shape index (κ3) is 4.80. The van der Waals surface area contributed by atoms with Gasteiger partial charge in [0.2, 0.25) is 7.42 Å². The Labute approximate surface area is 43.1 Å². The molecule has 0 N–H and O–H groups in total. The van der Waals surface area contributed by atoms with Crippen LogP contribution in [0.15, 0.2) is 0 Å². The summed E-state index contributed by atoms with van der Waals surface area (Å²) in [6.07, 6.45) is 0. The van der Waals surface area contributed by atoms with Gasteiger partial charge in [-0.1, -0.05) is 6.92 Å². The third-order valence-electron chi connectivity index (χ3n) is 0.309. The van der Waals surface area contributed by atoms with Crippen LogP contribution in [0.3, 0.4) is 0 Å². The van der Waals surface area contributed by atoms with Crippen LogP contribution >= 0.6 is 22.2 Å². The van der Waals surface area contributed by atoms with Gasteiger partial charge in [-0.05, 0) is 6.04 Å². The molecule has 0 fully saturated rings. The van der Waals surface area contributed by atoms with Crippen LogP contribution in [0.25, 0.3) is 0 Å². The number of halogens is 2. The van der Waals surface area contributed by atoms with Crippen LogP contribution in [-0.2, 0) is 0 Å². The van der Waals surface area contributed by atoms with Crippen LogP contribution in [0.2, 0.25) is 6.04 Å². The Balaban J connectivity index is 2.54. The van der Waals surface area contributed by atoms with Gasteiger partial charge in [-0.25, -0.2) is 0 Å². The molecule has 0 aromatic heterocycles. The van der Waals surface area contributed by atoms with E-state index < -0.39 is 7.42 Å². The van der Waals surface area contributed by atoms with Crippen molar-refractivity contribution in [2.45, 2.75) is 13.0 Å². The molecule has 0 saturated heterocycles. The third-order valence-corrected chi connectivity index (χ3v) is 2.78. The lowest BCUT2D eigenvalue weighted by Gasteiger charge is -1.81. The highest BCUT2D eigenvalue weighted by atomic mass is 35.7. The van der Waals surface area contributed by atoms with Crippen LogP contribution < -0.4 is 0 Å². The van der Waals surface area contributed by atoms with E-state index in [9.17, 15) is 0 Å². The Bertz CT molecular complexity index is 21.6. The molecule has 0 aliphatic heterocycles. The zero-order valence-corrected chi connectivity index (χ0v) is 5.71. The lowest BCUT2D eigenvalue weighted by Crippen LogP contribution is -1.83. The quantitative estimate of drug-likeness (QED) is 0.373. The van der Waals surface area contributed by atoms with Gasteiger partial charge in [0.15, 0.2) is 0 Å². The summed E-state index contributed by atoms with van der Waals surface area (Å²) < 4.78 is 0. The van der Waals surface area contributed by atoms with Crippen LogP contribution in [0, 0.1) is 0 Å². The van der Waals surface area contributed by atoms with Gasteiger partial charge in [-0.3, -0.25) is 0 Å². The van der Waals surface area contributed by atoms with Crippen molar-refractivity contribution in [2.75, 3.05) is 0 Å². The van der Waals surface area contributed by atoms with Crippen molar-refractivity contribution < 1.29 is 0 Å². The predicted octanol–water partition coefficient (Wildman–Crippen LogP) is 1.70. The fourth-order valence-corrected chi connectivity index (χ4v) is 0. The molecule has 0 radical (unpaired) electrons. The lowest BCUT2D eigenvalue weighted by molar-refractivity contribution is 1.47. The Morgan fingerprint density at radius 3 is 1.80 bits per heavy atom. The van der Waals surface area contributed by atoms with E-state index >= 15 is 0 Å². The normalized spacial score (nSPS) is 9.60. The van der Waals surface area contributed by atoms with E-state index in [1.54, 1.807) is 0 Å². The average Bonchev–Trinajstić information content (AvgIpc) is 1.38. The second-order valence-corrected chi connectivity index (χ2v) is 6.23. The van der Waals surface area contributed by atoms with Crippen LogP contribution in [0.1, 0.15) is 6.92 Å². The molecule has 0 bridgehead atoms. The first-order valence-corrected chi connectivity index (χ1v) is 5.86. The van der Waals surface area contributed by atoms with Gasteiger partial charge in [0.25, 0.3) is 0 Å².